The molecule has 0 bridgehead atoms. The second kappa shape index (κ2) is 20.3. The Labute approximate surface area is 133 Å². The Morgan fingerprint density at radius 1 is 0.722 bits per heavy atom. The van der Waals surface area contributed by atoms with E-state index in [1.807, 2.05) is 0 Å². The van der Waals surface area contributed by atoms with Crippen molar-refractivity contribution in [3.8, 4) is 0 Å². The molecule has 0 aromatic carbocycles. The van der Waals surface area contributed by atoms with Crippen LogP contribution in [0.5, 0.6) is 0 Å². The molecule has 0 nitrogen and oxygen atoms in total. The zero-order valence-electron chi connectivity index (χ0n) is 12.8. The quantitative estimate of drug-likeness (QED) is 0.255. The minimum absolute atomic E-state index is 0.717. The van der Waals surface area contributed by atoms with E-state index in [1.54, 1.807) is 0 Å². The molecule has 0 radical (unpaired) electrons. The largest absolute Gasteiger partial charge is 0.0928 e. The van der Waals surface area contributed by atoms with Crippen LogP contribution in [-0.2, 0) is 0 Å². The first-order chi connectivity index (χ1) is 8.68. The Kier molecular flexibility index (Phi) is 24.0. The van der Waals surface area contributed by atoms with Crippen molar-refractivity contribution >= 4 is 31.9 Å². The molecule has 1 atom stereocenters. The third-order valence-corrected chi connectivity index (χ3v) is 3.96. The van der Waals surface area contributed by atoms with Crippen molar-refractivity contribution in [1.82, 2.24) is 0 Å². The van der Waals surface area contributed by atoms with Crippen molar-refractivity contribution in [3.63, 3.8) is 0 Å². The van der Waals surface area contributed by atoms with Crippen molar-refractivity contribution in [1.29, 1.82) is 0 Å². The van der Waals surface area contributed by atoms with Gasteiger partial charge in [0.25, 0.3) is 0 Å². The summed E-state index contributed by atoms with van der Waals surface area (Å²) in [6.07, 6.45) is 15.3. The van der Waals surface area contributed by atoms with Gasteiger partial charge < -0.3 is 0 Å². The molecule has 0 saturated carbocycles. The van der Waals surface area contributed by atoms with E-state index < -0.39 is 0 Å². The summed E-state index contributed by atoms with van der Waals surface area (Å²) in [5.41, 5.74) is 0. The average molecular weight is 386 g/mol. The smallest absolute Gasteiger partial charge is 0.0117 e. The number of alkyl halides is 2. The van der Waals surface area contributed by atoms with Crippen LogP contribution >= 0.6 is 31.9 Å². The van der Waals surface area contributed by atoms with Gasteiger partial charge in [0.1, 0.15) is 0 Å². The van der Waals surface area contributed by atoms with Crippen LogP contribution in [0.15, 0.2) is 0 Å². The van der Waals surface area contributed by atoms with Gasteiger partial charge in [0.2, 0.25) is 0 Å². The van der Waals surface area contributed by atoms with Gasteiger partial charge in [-0.25, -0.2) is 0 Å². The molecule has 0 spiro atoms. The van der Waals surface area contributed by atoms with E-state index in [-0.39, 0.29) is 0 Å². The van der Waals surface area contributed by atoms with Gasteiger partial charge in [-0.2, -0.15) is 0 Å². The number of hydrogen-bond donors (Lipinski definition) is 0. The van der Waals surface area contributed by atoms with Crippen molar-refractivity contribution in [3.05, 3.63) is 0 Å². The standard InChI is InChI=1S/2C8H17Br/c1-3-4-5-6-7-8(2)9;1-2-3-4-5-6-7-8-9/h8H,3-7H2,1-2H3;2-8H2,1H3. The first kappa shape index (κ1) is 21.3. The van der Waals surface area contributed by atoms with Gasteiger partial charge in [-0.1, -0.05) is 110 Å². The summed E-state index contributed by atoms with van der Waals surface area (Å²) in [6.45, 7) is 6.72. The highest BCUT2D eigenvalue weighted by atomic mass is 79.9. The van der Waals surface area contributed by atoms with Crippen LogP contribution in [0.1, 0.15) is 91.4 Å². The lowest BCUT2D eigenvalue weighted by Gasteiger charge is -2.00. The zero-order chi connectivity index (χ0) is 14.1. The van der Waals surface area contributed by atoms with Gasteiger partial charge in [0, 0.05) is 10.2 Å². The highest BCUT2D eigenvalue weighted by molar-refractivity contribution is 9.09. The number of unbranched alkanes of at least 4 members (excludes halogenated alkanes) is 8. The van der Waals surface area contributed by atoms with Crippen LogP contribution in [0.4, 0.5) is 0 Å². The van der Waals surface area contributed by atoms with Crippen molar-refractivity contribution in [2.45, 2.75) is 96.2 Å². The summed E-state index contributed by atoms with van der Waals surface area (Å²) in [7, 11) is 0. The van der Waals surface area contributed by atoms with Crippen LogP contribution in [0.25, 0.3) is 0 Å². The van der Waals surface area contributed by atoms with Gasteiger partial charge in [0.05, 0.1) is 0 Å². The summed E-state index contributed by atoms with van der Waals surface area (Å²) in [5, 5.41) is 1.18. The lowest BCUT2D eigenvalue weighted by Crippen LogP contribution is -1.88. The third kappa shape index (κ3) is 25.7. The molecular formula is C16H34Br2. The average Bonchev–Trinajstić information content (AvgIpc) is 2.35. The van der Waals surface area contributed by atoms with Gasteiger partial charge in [-0.15, -0.1) is 0 Å². The lowest BCUT2D eigenvalue weighted by molar-refractivity contribution is 0.628. The minimum atomic E-state index is 0.717. The summed E-state index contributed by atoms with van der Waals surface area (Å²) in [6, 6.07) is 0. The van der Waals surface area contributed by atoms with Crippen molar-refractivity contribution in [2.24, 2.45) is 0 Å². The van der Waals surface area contributed by atoms with E-state index >= 15 is 0 Å². The molecule has 0 aliphatic carbocycles. The molecule has 0 fully saturated rings. The SMILES string of the molecule is CCCCCCC(C)Br.CCCCCCCCBr. The molecule has 0 amide bonds. The third-order valence-electron chi connectivity index (χ3n) is 2.94. The zero-order valence-corrected chi connectivity index (χ0v) is 16.0. The summed E-state index contributed by atoms with van der Waals surface area (Å²) in [5.74, 6) is 0. The van der Waals surface area contributed by atoms with Crippen LogP contribution in [-0.4, -0.2) is 10.2 Å². The van der Waals surface area contributed by atoms with Gasteiger partial charge in [-0.05, 0) is 12.8 Å². The van der Waals surface area contributed by atoms with E-state index in [0.717, 1.165) is 0 Å². The minimum Gasteiger partial charge on any atom is -0.0928 e. The van der Waals surface area contributed by atoms with Crippen LogP contribution in [0, 0.1) is 0 Å². The predicted octanol–water partition coefficient (Wildman–Crippen LogP) is 7.48. The first-order valence-electron chi connectivity index (χ1n) is 7.89. The molecule has 18 heavy (non-hydrogen) atoms. The van der Waals surface area contributed by atoms with Crippen LogP contribution in [0.3, 0.4) is 0 Å². The normalized spacial score (nSPS) is 11.8. The second-order valence-electron chi connectivity index (χ2n) is 5.09. The predicted molar refractivity (Wildman–Crippen MR) is 94.3 cm³/mol. The van der Waals surface area contributed by atoms with Crippen molar-refractivity contribution in [2.75, 3.05) is 5.33 Å². The fraction of sp³-hybridized carbons (Fsp3) is 1.00. The van der Waals surface area contributed by atoms with E-state index in [2.05, 4.69) is 52.6 Å². The molecule has 0 aliphatic rings. The topological polar surface area (TPSA) is 0 Å². The maximum absolute atomic E-state index is 3.53. The molecule has 112 valence electrons. The molecule has 0 aliphatic heterocycles. The monoisotopic (exact) mass is 384 g/mol. The van der Waals surface area contributed by atoms with E-state index in [9.17, 15) is 0 Å². The van der Waals surface area contributed by atoms with Gasteiger partial charge in [-0.3, -0.25) is 0 Å². The molecule has 0 saturated heterocycles. The summed E-state index contributed by atoms with van der Waals surface area (Å²) in [4.78, 5) is 0.717. The maximum atomic E-state index is 3.53. The molecular weight excluding hydrogens is 352 g/mol. The number of rotatable bonds is 11. The summed E-state index contributed by atoms with van der Waals surface area (Å²) >= 11 is 6.95. The highest BCUT2D eigenvalue weighted by Gasteiger charge is 1.93. The molecule has 0 heterocycles. The molecule has 2 heteroatoms. The Morgan fingerprint density at radius 2 is 1.17 bits per heavy atom. The Balaban J connectivity index is 0. The van der Waals surface area contributed by atoms with E-state index in [4.69, 9.17) is 0 Å². The molecule has 0 aromatic heterocycles. The molecule has 0 aromatic rings. The van der Waals surface area contributed by atoms with Crippen LogP contribution in [0.2, 0.25) is 0 Å². The summed E-state index contributed by atoms with van der Waals surface area (Å²) < 4.78 is 0. The lowest BCUT2D eigenvalue weighted by atomic mass is 10.1. The Bertz CT molecular complexity index is 118. The molecule has 1 unspecified atom stereocenters. The second-order valence-corrected chi connectivity index (χ2v) is 7.44. The Hall–Kier alpha value is 0.960. The molecule has 0 N–H and O–H groups in total. The number of halogens is 2. The van der Waals surface area contributed by atoms with E-state index in [0.29, 0.717) is 4.83 Å². The Morgan fingerprint density at radius 3 is 1.61 bits per heavy atom. The van der Waals surface area contributed by atoms with E-state index in [1.165, 1.54) is 76.0 Å². The fourth-order valence-electron chi connectivity index (χ4n) is 1.73. The van der Waals surface area contributed by atoms with Gasteiger partial charge in [0.15, 0.2) is 0 Å². The number of hydrogen-bond acceptors (Lipinski definition) is 0. The molecule has 0 rings (SSSR count). The maximum Gasteiger partial charge on any atom is 0.0117 e. The van der Waals surface area contributed by atoms with Crippen LogP contribution < -0.4 is 0 Å². The van der Waals surface area contributed by atoms with Crippen molar-refractivity contribution < 1.29 is 0 Å². The fourth-order valence-corrected chi connectivity index (χ4v) is 2.45. The first-order valence-corrected chi connectivity index (χ1v) is 9.92. The van der Waals surface area contributed by atoms with Gasteiger partial charge >= 0.3 is 0 Å². The highest BCUT2D eigenvalue weighted by Crippen LogP contribution is 2.10.